The van der Waals surface area contributed by atoms with Crippen molar-refractivity contribution in [2.45, 2.75) is 30.9 Å². The summed E-state index contributed by atoms with van der Waals surface area (Å²) in [6.07, 6.45) is -2.69. The molecular formula is C13H16N2O4. The third-order valence-electron chi connectivity index (χ3n) is 3.50. The Morgan fingerprint density at radius 2 is 1.89 bits per heavy atom. The number of benzene rings is 1. The van der Waals surface area contributed by atoms with Gasteiger partial charge in [-0.1, -0.05) is 18.2 Å². The fourth-order valence-corrected chi connectivity index (χ4v) is 2.50. The summed E-state index contributed by atoms with van der Waals surface area (Å²) in [5.41, 5.74) is 0.714. The Morgan fingerprint density at radius 3 is 2.63 bits per heavy atom. The van der Waals surface area contributed by atoms with Gasteiger partial charge < -0.3 is 20.1 Å². The number of fused-ring (bicyclic) bond motifs is 1. The average Bonchev–Trinajstić information content (AvgIpc) is 2.82. The van der Waals surface area contributed by atoms with E-state index in [9.17, 15) is 15.3 Å². The van der Waals surface area contributed by atoms with E-state index >= 15 is 0 Å². The van der Waals surface area contributed by atoms with Crippen LogP contribution in [0.3, 0.4) is 0 Å². The van der Waals surface area contributed by atoms with Gasteiger partial charge in [-0.3, -0.25) is 4.90 Å². The highest BCUT2D eigenvalue weighted by Gasteiger charge is 2.47. The van der Waals surface area contributed by atoms with Crippen molar-refractivity contribution in [1.29, 1.82) is 0 Å². The normalized spacial score (nSPS) is 36.2. The molecular weight excluding hydrogens is 248 g/mol. The van der Waals surface area contributed by atoms with Crippen LogP contribution in [0.2, 0.25) is 0 Å². The number of aliphatic hydroxyl groups excluding tert-OH is 3. The van der Waals surface area contributed by atoms with Crippen LogP contribution in [0.15, 0.2) is 35.3 Å². The number of ether oxygens (including phenoxy) is 1. The van der Waals surface area contributed by atoms with E-state index in [4.69, 9.17) is 4.74 Å². The fourth-order valence-electron chi connectivity index (χ4n) is 2.50. The topological polar surface area (TPSA) is 85.5 Å². The Hall–Kier alpha value is -1.63. The standard InChI is InChI=1S/C13H16N2O4/c16-10-6-11(17)15-9(12(10)18)7-19-13(15)14-8-4-2-1-3-5-8/h1-5,9-12,16-18H,6-7H2/b14-13+/t9-,10-,11-,12-/m1/s1. The number of aliphatic hydroxyl groups is 3. The molecule has 3 N–H and O–H groups in total. The molecule has 102 valence electrons. The van der Waals surface area contributed by atoms with Crippen molar-refractivity contribution in [3.8, 4) is 0 Å². The Balaban J connectivity index is 1.88. The number of piperidine rings is 1. The summed E-state index contributed by atoms with van der Waals surface area (Å²) in [6.45, 7) is 0.209. The Morgan fingerprint density at radius 1 is 1.16 bits per heavy atom. The summed E-state index contributed by atoms with van der Waals surface area (Å²) in [5, 5.41) is 29.6. The molecule has 2 aliphatic heterocycles. The van der Waals surface area contributed by atoms with Crippen molar-refractivity contribution in [2.24, 2.45) is 4.99 Å². The number of hydrogen-bond donors (Lipinski definition) is 3. The van der Waals surface area contributed by atoms with E-state index < -0.39 is 24.5 Å². The maximum Gasteiger partial charge on any atom is 0.295 e. The van der Waals surface area contributed by atoms with Crippen molar-refractivity contribution in [3.05, 3.63) is 30.3 Å². The van der Waals surface area contributed by atoms with Crippen molar-refractivity contribution in [3.63, 3.8) is 0 Å². The molecule has 0 aliphatic carbocycles. The zero-order chi connectivity index (χ0) is 13.4. The van der Waals surface area contributed by atoms with Crippen LogP contribution in [0.4, 0.5) is 5.69 Å². The predicted octanol–water partition coefficient (Wildman–Crippen LogP) is -0.181. The number of rotatable bonds is 1. The van der Waals surface area contributed by atoms with E-state index in [2.05, 4.69) is 4.99 Å². The lowest BCUT2D eigenvalue weighted by atomic mass is 9.96. The molecule has 19 heavy (non-hydrogen) atoms. The minimum atomic E-state index is -0.938. The van der Waals surface area contributed by atoms with Gasteiger partial charge >= 0.3 is 0 Å². The monoisotopic (exact) mass is 264 g/mol. The number of aliphatic imine (C=N–C) groups is 1. The molecule has 2 fully saturated rings. The van der Waals surface area contributed by atoms with Crippen LogP contribution < -0.4 is 0 Å². The first kappa shape index (κ1) is 12.4. The zero-order valence-electron chi connectivity index (χ0n) is 10.3. The molecule has 4 atom stereocenters. The van der Waals surface area contributed by atoms with E-state index in [1.54, 1.807) is 0 Å². The number of amidine groups is 1. The van der Waals surface area contributed by atoms with Crippen molar-refractivity contribution in [2.75, 3.05) is 6.61 Å². The largest absolute Gasteiger partial charge is 0.463 e. The van der Waals surface area contributed by atoms with Gasteiger partial charge in [0.05, 0.1) is 17.8 Å². The molecule has 1 aromatic rings. The van der Waals surface area contributed by atoms with Gasteiger partial charge in [0, 0.05) is 6.42 Å². The van der Waals surface area contributed by atoms with Gasteiger partial charge in [0.25, 0.3) is 6.02 Å². The summed E-state index contributed by atoms with van der Waals surface area (Å²) in [4.78, 5) is 5.85. The Labute approximate surface area is 110 Å². The lowest BCUT2D eigenvalue weighted by Gasteiger charge is -2.39. The lowest BCUT2D eigenvalue weighted by molar-refractivity contribution is -0.119. The first-order valence-corrected chi connectivity index (χ1v) is 6.26. The van der Waals surface area contributed by atoms with Gasteiger partial charge in [-0.25, -0.2) is 0 Å². The highest BCUT2D eigenvalue weighted by Crippen LogP contribution is 2.29. The van der Waals surface area contributed by atoms with Gasteiger partial charge in [-0.2, -0.15) is 4.99 Å². The molecule has 0 bridgehead atoms. The molecule has 3 rings (SSSR count). The summed E-state index contributed by atoms with van der Waals surface area (Å²) >= 11 is 0. The molecule has 0 aromatic heterocycles. The van der Waals surface area contributed by atoms with E-state index in [0.29, 0.717) is 5.69 Å². The van der Waals surface area contributed by atoms with Crippen LogP contribution in [0.5, 0.6) is 0 Å². The summed E-state index contributed by atoms with van der Waals surface area (Å²) in [5.74, 6) is 0. The molecule has 1 aromatic carbocycles. The molecule has 2 saturated heterocycles. The molecule has 6 heteroatoms. The molecule has 0 radical (unpaired) electrons. The highest BCUT2D eigenvalue weighted by molar-refractivity contribution is 5.79. The van der Waals surface area contributed by atoms with Crippen LogP contribution in [-0.2, 0) is 4.74 Å². The second-order valence-electron chi connectivity index (χ2n) is 4.79. The number of para-hydroxylation sites is 1. The fraction of sp³-hybridized carbons (Fsp3) is 0.462. The van der Waals surface area contributed by atoms with E-state index in [0.717, 1.165) is 0 Å². The first-order valence-electron chi connectivity index (χ1n) is 6.26. The van der Waals surface area contributed by atoms with Crippen LogP contribution in [0.1, 0.15) is 6.42 Å². The molecule has 0 unspecified atom stereocenters. The van der Waals surface area contributed by atoms with Crippen LogP contribution in [0.25, 0.3) is 0 Å². The first-order chi connectivity index (χ1) is 9.16. The summed E-state index contributed by atoms with van der Waals surface area (Å²) < 4.78 is 5.44. The third kappa shape index (κ3) is 2.18. The van der Waals surface area contributed by atoms with Gasteiger partial charge in [-0.15, -0.1) is 0 Å². The minimum absolute atomic E-state index is 0.0782. The van der Waals surface area contributed by atoms with Crippen LogP contribution in [0, 0.1) is 0 Å². The molecule has 0 spiro atoms. The molecule has 2 aliphatic rings. The average molecular weight is 264 g/mol. The van der Waals surface area contributed by atoms with E-state index in [1.807, 2.05) is 30.3 Å². The second kappa shape index (κ2) is 4.80. The van der Waals surface area contributed by atoms with Gasteiger partial charge in [-0.05, 0) is 12.1 Å². The highest BCUT2D eigenvalue weighted by atomic mass is 16.5. The van der Waals surface area contributed by atoms with Crippen molar-refractivity contribution >= 4 is 11.7 Å². The maximum absolute atomic E-state index is 10.0. The van der Waals surface area contributed by atoms with Gasteiger partial charge in [0.15, 0.2) is 0 Å². The molecule has 0 amide bonds. The molecule has 2 heterocycles. The second-order valence-corrected chi connectivity index (χ2v) is 4.79. The van der Waals surface area contributed by atoms with Crippen molar-refractivity contribution < 1.29 is 20.1 Å². The van der Waals surface area contributed by atoms with E-state index in [-0.39, 0.29) is 19.0 Å². The molecule has 6 nitrogen and oxygen atoms in total. The van der Waals surface area contributed by atoms with Gasteiger partial charge in [0.2, 0.25) is 0 Å². The predicted molar refractivity (Wildman–Crippen MR) is 67.8 cm³/mol. The van der Waals surface area contributed by atoms with Crippen LogP contribution >= 0.6 is 0 Å². The zero-order valence-corrected chi connectivity index (χ0v) is 10.3. The number of hydrogen-bond acceptors (Lipinski definition) is 5. The Kier molecular flexibility index (Phi) is 3.14. The van der Waals surface area contributed by atoms with E-state index in [1.165, 1.54) is 4.90 Å². The van der Waals surface area contributed by atoms with Crippen molar-refractivity contribution in [1.82, 2.24) is 4.90 Å². The third-order valence-corrected chi connectivity index (χ3v) is 3.50. The minimum Gasteiger partial charge on any atom is -0.463 e. The molecule has 0 saturated carbocycles. The lowest BCUT2D eigenvalue weighted by Crippen LogP contribution is -2.58. The van der Waals surface area contributed by atoms with Crippen LogP contribution in [-0.4, -0.2) is 57.3 Å². The number of nitrogens with zero attached hydrogens (tertiary/aromatic N) is 2. The van der Waals surface area contributed by atoms with Gasteiger partial charge in [0.1, 0.15) is 18.9 Å². The summed E-state index contributed by atoms with van der Waals surface area (Å²) in [7, 11) is 0. The summed E-state index contributed by atoms with van der Waals surface area (Å²) in [6, 6.07) is 9.08. The smallest absolute Gasteiger partial charge is 0.295 e. The maximum atomic E-state index is 10.0. The Bertz CT molecular complexity index is 479. The SMILES string of the molecule is O[C@H]1[C@H](O)C[C@@H](O)N2/C(=N\c3ccccc3)OC[C@H]12. The quantitative estimate of drug-likeness (QED) is 0.655.